The van der Waals surface area contributed by atoms with E-state index in [4.69, 9.17) is 9.72 Å². The van der Waals surface area contributed by atoms with Gasteiger partial charge in [0.1, 0.15) is 13.1 Å². The van der Waals surface area contributed by atoms with E-state index >= 15 is 0 Å². The molecule has 3 rings (SSSR count). The molecule has 1 aromatic heterocycles. The van der Waals surface area contributed by atoms with Crippen molar-refractivity contribution in [2.75, 3.05) is 44.3 Å². The minimum absolute atomic E-state index is 0.193. The van der Waals surface area contributed by atoms with Gasteiger partial charge in [-0.15, -0.1) is 0 Å². The Labute approximate surface area is 160 Å². The number of thiazole rings is 1. The van der Waals surface area contributed by atoms with Crippen LogP contribution in [-0.2, 0) is 9.53 Å². The molecule has 142 valence electrons. The van der Waals surface area contributed by atoms with Crippen molar-refractivity contribution in [1.29, 1.82) is 0 Å². The van der Waals surface area contributed by atoms with Crippen LogP contribution in [-0.4, -0.2) is 50.3 Å². The molecule has 1 aliphatic rings. The number of fused-ring (bicyclic) bond motifs is 1. The van der Waals surface area contributed by atoms with Gasteiger partial charge in [0.2, 0.25) is 5.91 Å². The molecule has 2 heterocycles. The molecule has 5 nitrogen and oxygen atoms in total. The maximum Gasteiger partial charge on any atom is 0.228 e. The lowest BCUT2D eigenvalue weighted by atomic mass is 10.1. The van der Waals surface area contributed by atoms with Crippen molar-refractivity contribution in [3.63, 3.8) is 0 Å². The summed E-state index contributed by atoms with van der Waals surface area (Å²) in [6.45, 7) is 11.9. The number of aryl methyl sites for hydroxylation is 2. The van der Waals surface area contributed by atoms with Gasteiger partial charge in [-0.3, -0.25) is 9.69 Å². The predicted octanol–water partition coefficient (Wildman–Crippen LogP) is 2.35. The van der Waals surface area contributed by atoms with E-state index in [1.165, 1.54) is 15.8 Å². The molecule has 1 fully saturated rings. The molecule has 0 radical (unpaired) electrons. The Kier molecular flexibility index (Phi) is 6.62. The summed E-state index contributed by atoms with van der Waals surface area (Å²) in [5.74, 6) is 0.193. The van der Waals surface area contributed by atoms with Gasteiger partial charge in [-0.2, -0.15) is 0 Å². The first-order chi connectivity index (χ1) is 12.6. The first-order valence-corrected chi connectivity index (χ1v) is 10.5. The Morgan fingerprint density at radius 1 is 1.31 bits per heavy atom. The quantitative estimate of drug-likeness (QED) is 0.807. The zero-order chi connectivity index (χ0) is 18.5. The summed E-state index contributed by atoms with van der Waals surface area (Å²) in [6, 6.07) is 4.33. The molecule has 1 aromatic carbocycles. The van der Waals surface area contributed by atoms with E-state index in [0.29, 0.717) is 6.42 Å². The van der Waals surface area contributed by atoms with E-state index < -0.39 is 0 Å². The van der Waals surface area contributed by atoms with Crippen LogP contribution in [0.3, 0.4) is 0 Å². The minimum atomic E-state index is 0.193. The van der Waals surface area contributed by atoms with Crippen LogP contribution < -0.4 is 9.80 Å². The highest BCUT2D eigenvalue weighted by Gasteiger charge is 2.21. The Hall–Kier alpha value is -1.50. The van der Waals surface area contributed by atoms with Crippen molar-refractivity contribution in [2.45, 2.75) is 40.0 Å². The van der Waals surface area contributed by atoms with Gasteiger partial charge in [-0.05, 0) is 37.5 Å². The summed E-state index contributed by atoms with van der Waals surface area (Å²) in [7, 11) is 0. The fourth-order valence-corrected chi connectivity index (χ4v) is 4.73. The van der Waals surface area contributed by atoms with E-state index in [0.717, 1.165) is 62.9 Å². The molecule has 1 saturated heterocycles. The van der Waals surface area contributed by atoms with Gasteiger partial charge in [0.05, 0.1) is 30.0 Å². The maximum atomic E-state index is 12.7. The third kappa shape index (κ3) is 4.61. The van der Waals surface area contributed by atoms with Gasteiger partial charge in [-0.25, -0.2) is 4.98 Å². The second-order valence-electron chi connectivity index (χ2n) is 7.19. The summed E-state index contributed by atoms with van der Waals surface area (Å²) in [5, 5.41) is 0.851. The zero-order valence-electron chi connectivity index (χ0n) is 16.1. The summed E-state index contributed by atoms with van der Waals surface area (Å²) >= 11 is 1.64. The van der Waals surface area contributed by atoms with Gasteiger partial charge < -0.3 is 9.64 Å². The lowest BCUT2D eigenvalue weighted by Gasteiger charge is -2.25. The molecule has 6 heteroatoms. The number of quaternary nitrogens is 1. The van der Waals surface area contributed by atoms with E-state index in [2.05, 4.69) is 32.9 Å². The van der Waals surface area contributed by atoms with Crippen molar-refractivity contribution in [2.24, 2.45) is 0 Å². The number of anilines is 1. The zero-order valence-corrected chi connectivity index (χ0v) is 17.0. The molecule has 0 saturated carbocycles. The lowest BCUT2D eigenvalue weighted by molar-refractivity contribution is -0.908. The van der Waals surface area contributed by atoms with Crippen LogP contribution in [0.1, 0.15) is 37.3 Å². The summed E-state index contributed by atoms with van der Waals surface area (Å²) in [6.07, 6.45) is 2.45. The van der Waals surface area contributed by atoms with Crippen molar-refractivity contribution in [1.82, 2.24) is 4.98 Å². The van der Waals surface area contributed by atoms with Gasteiger partial charge in [0.15, 0.2) is 5.13 Å². The number of morpholine rings is 1. The SMILES string of the molecule is CCCC(=O)N(CCC[NH+]1CCOCC1)c1nc2c(C)cc(C)cc2s1. The summed E-state index contributed by atoms with van der Waals surface area (Å²) in [5.41, 5.74) is 3.46. The average molecular weight is 377 g/mol. The number of carbonyl (C=O) groups excluding carboxylic acids is 1. The van der Waals surface area contributed by atoms with Crippen LogP contribution in [0.25, 0.3) is 10.2 Å². The molecule has 1 amide bonds. The van der Waals surface area contributed by atoms with Gasteiger partial charge in [-0.1, -0.05) is 24.3 Å². The molecule has 0 unspecified atom stereocenters. The molecule has 0 aliphatic carbocycles. The van der Waals surface area contributed by atoms with Crippen LogP contribution in [0.4, 0.5) is 5.13 Å². The largest absolute Gasteiger partial charge is 0.370 e. The third-order valence-electron chi connectivity index (χ3n) is 4.93. The predicted molar refractivity (Wildman–Crippen MR) is 107 cm³/mol. The number of rotatable bonds is 7. The number of carbonyl (C=O) groups is 1. The maximum absolute atomic E-state index is 12.7. The number of nitrogens with one attached hydrogen (secondary N) is 1. The van der Waals surface area contributed by atoms with E-state index in [1.807, 2.05) is 4.90 Å². The molecular formula is C20H30N3O2S+. The Balaban J connectivity index is 1.75. The minimum Gasteiger partial charge on any atom is -0.370 e. The molecule has 0 spiro atoms. The Morgan fingerprint density at radius 3 is 2.81 bits per heavy atom. The molecule has 2 aromatic rings. The fraction of sp³-hybridized carbons (Fsp3) is 0.600. The van der Waals surface area contributed by atoms with Crippen molar-refractivity contribution in [3.8, 4) is 0 Å². The van der Waals surface area contributed by atoms with Crippen molar-refractivity contribution < 1.29 is 14.4 Å². The second-order valence-corrected chi connectivity index (χ2v) is 8.20. The van der Waals surface area contributed by atoms with Crippen LogP contribution in [0, 0.1) is 13.8 Å². The molecule has 0 atom stereocenters. The van der Waals surface area contributed by atoms with Crippen molar-refractivity contribution >= 4 is 32.6 Å². The fourth-order valence-electron chi connectivity index (χ4n) is 3.55. The van der Waals surface area contributed by atoms with Crippen LogP contribution in [0.5, 0.6) is 0 Å². The van der Waals surface area contributed by atoms with E-state index in [9.17, 15) is 4.79 Å². The van der Waals surface area contributed by atoms with Crippen LogP contribution in [0.2, 0.25) is 0 Å². The first-order valence-electron chi connectivity index (χ1n) is 9.68. The molecule has 0 bridgehead atoms. The monoisotopic (exact) mass is 376 g/mol. The average Bonchev–Trinajstić information content (AvgIpc) is 3.03. The van der Waals surface area contributed by atoms with Crippen molar-refractivity contribution in [3.05, 3.63) is 23.3 Å². The summed E-state index contributed by atoms with van der Waals surface area (Å²) in [4.78, 5) is 21.0. The summed E-state index contributed by atoms with van der Waals surface area (Å²) < 4.78 is 6.60. The standard InChI is InChI=1S/C20H29N3O2S/c1-4-6-18(24)23(8-5-7-22-9-11-25-12-10-22)20-21-19-16(3)13-15(2)14-17(19)26-20/h13-14H,4-12H2,1-3H3/p+1. The van der Waals surface area contributed by atoms with Gasteiger partial charge >= 0.3 is 0 Å². The smallest absolute Gasteiger partial charge is 0.228 e. The molecule has 1 N–H and O–H groups in total. The normalized spacial score (nSPS) is 15.5. The number of hydrogen-bond acceptors (Lipinski definition) is 4. The number of hydrogen-bond donors (Lipinski definition) is 1. The van der Waals surface area contributed by atoms with Crippen LogP contribution >= 0.6 is 11.3 Å². The number of amides is 1. The highest BCUT2D eigenvalue weighted by molar-refractivity contribution is 7.22. The van der Waals surface area contributed by atoms with E-state index in [1.54, 1.807) is 16.2 Å². The van der Waals surface area contributed by atoms with E-state index in [-0.39, 0.29) is 5.91 Å². The topological polar surface area (TPSA) is 46.9 Å². The first kappa shape index (κ1) is 19.3. The molecule has 26 heavy (non-hydrogen) atoms. The number of nitrogens with zero attached hydrogens (tertiary/aromatic N) is 2. The van der Waals surface area contributed by atoms with Crippen LogP contribution in [0.15, 0.2) is 12.1 Å². The highest BCUT2D eigenvalue weighted by atomic mass is 32.1. The highest BCUT2D eigenvalue weighted by Crippen LogP contribution is 2.32. The number of ether oxygens (including phenoxy) is 1. The van der Waals surface area contributed by atoms with Gasteiger partial charge in [0.25, 0.3) is 0 Å². The second kappa shape index (κ2) is 8.93. The third-order valence-corrected chi connectivity index (χ3v) is 5.95. The Morgan fingerprint density at radius 2 is 2.08 bits per heavy atom. The number of aromatic nitrogens is 1. The molecular weight excluding hydrogens is 346 g/mol. The van der Waals surface area contributed by atoms with Gasteiger partial charge in [0, 0.05) is 19.4 Å². The number of benzene rings is 1. The Bertz CT molecular complexity index is 753. The molecule has 1 aliphatic heterocycles. The lowest BCUT2D eigenvalue weighted by Crippen LogP contribution is -3.14.